The summed E-state index contributed by atoms with van der Waals surface area (Å²) in [4.78, 5) is 12.9. The molecule has 0 spiro atoms. The Morgan fingerprint density at radius 3 is 2.65 bits per heavy atom. The van der Waals surface area contributed by atoms with Crippen LogP contribution in [0.2, 0.25) is 0 Å². The molecule has 1 aromatic rings. The van der Waals surface area contributed by atoms with E-state index < -0.39 is 5.97 Å². The van der Waals surface area contributed by atoms with E-state index in [2.05, 4.69) is 28.9 Å². The number of aliphatic hydroxyl groups excluding tert-OH is 1. The predicted octanol–water partition coefficient (Wildman–Crippen LogP) is 0.679. The molecule has 114 valence electrons. The van der Waals surface area contributed by atoms with Gasteiger partial charge < -0.3 is 19.7 Å². The first-order chi connectivity index (χ1) is 9.62. The van der Waals surface area contributed by atoms with E-state index in [0.717, 1.165) is 37.8 Å². The van der Waals surface area contributed by atoms with Gasteiger partial charge in [0.2, 0.25) is 0 Å². The van der Waals surface area contributed by atoms with Crippen LogP contribution in [-0.4, -0.2) is 61.2 Å². The molecule has 0 atom stereocenters. The van der Waals surface area contributed by atoms with Gasteiger partial charge in [0.1, 0.15) is 6.61 Å². The second kappa shape index (κ2) is 8.93. The molecule has 0 bridgehead atoms. The first kappa shape index (κ1) is 16.9. The van der Waals surface area contributed by atoms with Gasteiger partial charge in [0.15, 0.2) is 11.0 Å². The van der Waals surface area contributed by atoms with Gasteiger partial charge in [-0.05, 0) is 19.5 Å². The Kier molecular flexibility index (Phi) is 7.56. The molecule has 0 saturated heterocycles. The van der Waals surface area contributed by atoms with Crippen molar-refractivity contribution in [2.75, 3.05) is 25.4 Å². The van der Waals surface area contributed by atoms with E-state index in [1.165, 1.54) is 0 Å². The minimum absolute atomic E-state index is 0.0595. The highest BCUT2D eigenvalue weighted by atomic mass is 32.2. The predicted molar refractivity (Wildman–Crippen MR) is 76.7 cm³/mol. The molecule has 0 amide bonds. The van der Waals surface area contributed by atoms with Crippen molar-refractivity contribution in [3.63, 3.8) is 0 Å². The number of rotatable bonds is 10. The van der Waals surface area contributed by atoms with Gasteiger partial charge in [-0.15, -0.1) is 10.2 Å². The van der Waals surface area contributed by atoms with Crippen molar-refractivity contribution in [1.29, 1.82) is 0 Å². The molecule has 0 saturated carbocycles. The van der Waals surface area contributed by atoms with Crippen molar-refractivity contribution < 1.29 is 15.0 Å². The van der Waals surface area contributed by atoms with Gasteiger partial charge in [-0.2, -0.15) is 0 Å². The van der Waals surface area contributed by atoms with Crippen LogP contribution in [0.3, 0.4) is 0 Å². The van der Waals surface area contributed by atoms with Crippen LogP contribution in [0.25, 0.3) is 0 Å². The second-order valence-corrected chi connectivity index (χ2v) is 5.27. The lowest BCUT2D eigenvalue weighted by molar-refractivity contribution is -0.133. The van der Waals surface area contributed by atoms with Crippen LogP contribution in [-0.2, 0) is 17.9 Å². The van der Waals surface area contributed by atoms with Gasteiger partial charge in [0, 0.05) is 13.1 Å². The van der Waals surface area contributed by atoms with E-state index in [9.17, 15) is 9.90 Å². The molecule has 2 N–H and O–H groups in total. The molecule has 0 aromatic carbocycles. The fraction of sp³-hybridized carbons (Fsp3) is 0.750. The van der Waals surface area contributed by atoms with E-state index in [1.54, 1.807) is 4.57 Å². The number of hydrogen-bond donors (Lipinski definition) is 2. The first-order valence-corrected chi connectivity index (χ1v) is 7.70. The topological polar surface area (TPSA) is 91.5 Å². The van der Waals surface area contributed by atoms with Crippen molar-refractivity contribution in [2.24, 2.45) is 0 Å². The zero-order valence-corrected chi connectivity index (χ0v) is 12.8. The molecule has 0 aliphatic heterocycles. The van der Waals surface area contributed by atoms with E-state index in [0.29, 0.717) is 17.5 Å². The monoisotopic (exact) mass is 302 g/mol. The van der Waals surface area contributed by atoms with E-state index in [4.69, 9.17) is 5.11 Å². The number of hydrogen-bond acceptors (Lipinski definition) is 6. The maximum absolute atomic E-state index is 10.6. The molecule has 1 rings (SSSR count). The minimum Gasteiger partial charge on any atom is -0.481 e. The first-order valence-electron chi connectivity index (χ1n) is 6.72. The van der Waals surface area contributed by atoms with Crippen molar-refractivity contribution in [2.45, 2.75) is 38.6 Å². The van der Waals surface area contributed by atoms with Gasteiger partial charge in [-0.25, -0.2) is 0 Å². The average molecular weight is 302 g/mol. The number of carbonyl (C=O) groups is 1. The minimum atomic E-state index is -0.892. The molecular weight excluding hydrogens is 280 g/mol. The summed E-state index contributed by atoms with van der Waals surface area (Å²) in [6, 6.07) is 0. The molecule has 1 heterocycles. The fourth-order valence-corrected chi connectivity index (χ4v) is 2.58. The third kappa shape index (κ3) is 5.10. The Morgan fingerprint density at radius 1 is 1.35 bits per heavy atom. The molecule has 8 heteroatoms. The summed E-state index contributed by atoms with van der Waals surface area (Å²) in [7, 11) is 0. The SMILES string of the molecule is CCCN(CC)CCn1c(CO)nnc1SCC(=O)O. The lowest BCUT2D eigenvalue weighted by Gasteiger charge is -2.20. The zero-order valence-electron chi connectivity index (χ0n) is 11.9. The summed E-state index contributed by atoms with van der Waals surface area (Å²) >= 11 is 1.12. The number of aromatic nitrogens is 3. The van der Waals surface area contributed by atoms with Gasteiger partial charge in [0.25, 0.3) is 0 Å². The third-order valence-corrected chi connectivity index (χ3v) is 3.84. The Morgan fingerprint density at radius 2 is 2.10 bits per heavy atom. The number of aliphatic hydroxyl groups is 1. The number of carboxylic acid groups (broad SMARTS) is 1. The summed E-state index contributed by atoms with van der Waals surface area (Å²) in [6.07, 6.45) is 1.09. The van der Waals surface area contributed by atoms with Crippen LogP contribution in [0.4, 0.5) is 0 Å². The zero-order chi connectivity index (χ0) is 15.0. The largest absolute Gasteiger partial charge is 0.481 e. The number of likely N-dealkylation sites (N-methyl/N-ethyl adjacent to an activating group) is 1. The van der Waals surface area contributed by atoms with Crippen molar-refractivity contribution in [3.05, 3.63) is 5.82 Å². The summed E-state index contributed by atoms with van der Waals surface area (Å²) in [5.41, 5.74) is 0. The molecule has 1 aromatic heterocycles. The van der Waals surface area contributed by atoms with Crippen molar-refractivity contribution in [3.8, 4) is 0 Å². The molecular formula is C12H22N4O3S. The summed E-state index contributed by atoms with van der Waals surface area (Å²) < 4.78 is 1.80. The van der Waals surface area contributed by atoms with Crippen LogP contribution < -0.4 is 0 Å². The van der Waals surface area contributed by atoms with Crippen molar-refractivity contribution in [1.82, 2.24) is 19.7 Å². The van der Waals surface area contributed by atoms with E-state index in [1.807, 2.05) is 0 Å². The average Bonchev–Trinajstić information content (AvgIpc) is 2.83. The van der Waals surface area contributed by atoms with Crippen LogP contribution >= 0.6 is 11.8 Å². The Hall–Kier alpha value is -1.12. The standard InChI is InChI=1S/C12H22N4O3S/c1-3-5-15(4-2)6-7-16-10(8-17)13-14-12(16)20-9-11(18)19/h17H,3-9H2,1-2H3,(H,18,19). The molecule has 7 nitrogen and oxygen atoms in total. The highest BCUT2D eigenvalue weighted by Gasteiger charge is 2.14. The molecule has 0 fully saturated rings. The van der Waals surface area contributed by atoms with Crippen LogP contribution in [0.15, 0.2) is 5.16 Å². The van der Waals surface area contributed by atoms with Gasteiger partial charge in [0.05, 0.1) is 5.75 Å². The van der Waals surface area contributed by atoms with E-state index in [-0.39, 0.29) is 12.4 Å². The Balaban J connectivity index is 2.69. The third-order valence-electron chi connectivity index (χ3n) is 2.89. The summed E-state index contributed by atoms with van der Waals surface area (Å²) in [6.45, 7) is 7.51. The van der Waals surface area contributed by atoms with Crippen LogP contribution in [0.1, 0.15) is 26.1 Å². The van der Waals surface area contributed by atoms with Crippen LogP contribution in [0.5, 0.6) is 0 Å². The molecule has 0 radical (unpaired) electrons. The smallest absolute Gasteiger partial charge is 0.313 e. The van der Waals surface area contributed by atoms with Crippen LogP contribution in [0, 0.1) is 0 Å². The quantitative estimate of drug-likeness (QED) is 0.614. The Labute approximate surface area is 123 Å². The summed E-state index contributed by atoms with van der Waals surface area (Å²) in [5, 5.41) is 26.4. The molecule has 0 aliphatic carbocycles. The number of thioether (sulfide) groups is 1. The Bertz CT molecular complexity index is 425. The van der Waals surface area contributed by atoms with Crippen molar-refractivity contribution >= 4 is 17.7 Å². The van der Waals surface area contributed by atoms with Gasteiger partial charge in [-0.1, -0.05) is 25.6 Å². The highest BCUT2D eigenvalue weighted by molar-refractivity contribution is 7.99. The maximum Gasteiger partial charge on any atom is 0.313 e. The number of aliphatic carboxylic acids is 1. The summed E-state index contributed by atoms with van der Waals surface area (Å²) in [5.74, 6) is -0.475. The molecule has 0 unspecified atom stereocenters. The lowest BCUT2D eigenvalue weighted by Crippen LogP contribution is -2.28. The number of nitrogens with zero attached hydrogens (tertiary/aromatic N) is 4. The maximum atomic E-state index is 10.6. The van der Waals surface area contributed by atoms with E-state index >= 15 is 0 Å². The fourth-order valence-electron chi connectivity index (χ4n) is 1.88. The van der Waals surface area contributed by atoms with Gasteiger partial charge >= 0.3 is 5.97 Å². The highest BCUT2D eigenvalue weighted by Crippen LogP contribution is 2.17. The normalized spacial score (nSPS) is 11.2. The molecule has 0 aliphatic rings. The van der Waals surface area contributed by atoms with Gasteiger partial charge in [-0.3, -0.25) is 4.79 Å². The molecule has 20 heavy (non-hydrogen) atoms. The lowest BCUT2D eigenvalue weighted by atomic mass is 10.4. The second-order valence-electron chi connectivity index (χ2n) is 4.33. The number of carboxylic acids is 1.